The Morgan fingerprint density at radius 1 is 0.710 bits per heavy atom. The van der Waals surface area contributed by atoms with Gasteiger partial charge in [-0.1, -0.05) is 52.0 Å². The second-order valence-electron chi connectivity index (χ2n) is 8.31. The summed E-state index contributed by atoms with van der Waals surface area (Å²) >= 11 is 0. The summed E-state index contributed by atoms with van der Waals surface area (Å²) in [6.45, 7) is 7.81. The van der Waals surface area contributed by atoms with Crippen LogP contribution in [0.25, 0.3) is 11.1 Å². The van der Waals surface area contributed by atoms with E-state index in [1.54, 1.807) is 0 Å². The van der Waals surface area contributed by atoms with E-state index in [9.17, 15) is 9.59 Å². The zero-order chi connectivity index (χ0) is 21.4. The smallest absolute Gasteiger partial charge is 0.182 e. The summed E-state index contributed by atoms with van der Waals surface area (Å²) in [5.41, 5.74) is 16.8. The van der Waals surface area contributed by atoms with E-state index in [4.69, 9.17) is 11.5 Å². The number of halogens is 2. The summed E-state index contributed by atoms with van der Waals surface area (Å²) in [4.78, 5) is 25.9. The average molecular weight is 465 g/mol. The van der Waals surface area contributed by atoms with Crippen molar-refractivity contribution in [3.63, 3.8) is 0 Å². The predicted octanol–water partition coefficient (Wildman–Crippen LogP) is 5.50. The van der Waals surface area contributed by atoms with Crippen molar-refractivity contribution in [2.24, 2.45) is 11.5 Å². The number of hydrogen-bond donors (Lipinski definition) is 2. The molecule has 0 amide bonds. The molecule has 0 bridgehead atoms. The van der Waals surface area contributed by atoms with Crippen molar-refractivity contribution in [1.29, 1.82) is 0 Å². The molecule has 0 radical (unpaired) electrons. The molecule has 0 saturated heterocycles. The van der Waals surface area contributed by atoms with Crippen molar-refractivity contribution < 1.29 is 9.59 Å². The van der Waals surface area contributed by atoms with Gasteiger partial charge in [0.1, 0.15) is 0 Å². The highest BCUT2D eigenvalue weighted by molar-refractivity contribution is 6.05. The molecule has 0 atom stereocenters. The fourth-order valence-corrected chi connectivity index (χ4v) is 4.21. The third-order valence-electron chi connectivity index (χ3n) is 6.83. The minimum absolute atomic E-state index is 0. The van der Waals surface area contributed by atoms with Gasteiger partial charge in [0.05, 0.1) is 11.1 Å². The molecule has 0 aliphatic heterocycles. The van der Waals surface area contributed by atoms with Crippen molar-refractivity contribution in [1.82, 2.24) is 0 Å². The van der Waals surface area contributed by atoms with E-state index >= 15 is 0 Å². The Balaban J connectivity index is 0.00000240. The molecular weight excluding hydrogens is 431 g/mol. The first kappa shape index (κ1) is 27.3. The molecule has 0 spiro atoms. The lowest BCUT2D eigenvalue weighted by Crippen LogP contribution is -2.46. The Morgan fingerprint density at radius 2 is 1.03 bits per heavy atom. The molecule has 1 aliphatic carbocycles. The van der Waals surface area contributed by atoms with Gasteiger partial charge in [-0.25, -0.2) is 0 Å². The van der Waals surface area contributed by atoms with Crippen LogP contribution in [-0.4, -0.2) is 22.6 Å². The van der Waals surface area contributed by atoms with E-state index in [0.717, 1.165) is 22.3 Å². The lowest BCUT2D eigenvalue weighted by atomic mass is 9.84. The third kappa shape index (κ3) is 4.73. The normalized spacial score (nSPS) is 12.3. The maximum absolute atomic E-state index is 12.9. The first-order valence-electron chi connectivity index (χ1n) is 10.7. The summed E-state index contributed by atoms with van der Waals surface area (Å²) in [7, 11) is 0. The minimum Gasteiger partial charge on any atom is -0.319 e. The van der Waals surface area contributed by atoms with Gasteiger partial charge in [-0.3, -0.25) is 9.59 Å². The number of carbonyl (C=O) groups excluding carboxylic acids is 2. The zero-order valence-corrected chi connectivity index (χ0v) is 20.4. The van der Waals surface area contributed by atoms with Crippen LogP contribution in [0.15, 0.2) is 36.4 Å². The van der Waals surface area contributed by atoms with E-state index in [0.29, 0.717) is 43.2 Å². The topological polar surface area (TPSA) is 86.2 Å². The van der Waals surface area contributed by atoms with Gasteiger partial charge in [0.15, 0.2) is 11.6 Å². The quantitative estimate of drug-likeness (QED) is 0.430. The van der Waals surface area contributed by atoms with E-state index in [1.807, 2.05) is 64.1 Å². The molecule has 3 rings (SSSR count). The van der Waals surface area contributed by atoms with Crippen LogP contribution in [0.1, 0.15) is 85.2 Å². The fourth-order valence-electron chi connectivity index (χ4n) is 4.21. The number of nitrogens with two attached hydrogens (primary N) is 2. The number of carbonyl (C=O) groups is 2. The van der Waals surface area contributed by atoms with Crippen LogP contribution >= 0.6 is 24.8 Å². The maximum atomic E-state index is 12.9. The van der Waals surface area contributed by atoms with E-state index < -0.39 is 11.1 Å². The van der Waals surface area contributed by atoms with Crippen LogP contribution in [0.3, 0.4) is 0 Å². The summed E-state index contributed by atoms with van der Waals surface area (Å²) in [6, 6.07) is 11.7. The van der Waals surface area contributed by atoms with E-state index in [1.165, 1.54) is 0 Å². The molecule has 6 heteroatoms. The van der Waals surface area contributed by atoms with Gasteiger partial charge in [0, 0.05) is 11.1 Å². The Kier molecular flexibility index (Phi) is 9.04. The number of rotatable bonds is 8. The van der Waals surface area contributed by atoms with Crippen LogP contribution in [0.5, 0.6) is 0 Å². The zero-order valence-electron chi connectivity index (χ0n) is 18.8. The molecule has 0 heterocycles. The van der Waals surface area contributed by atoms with Crippen molar-refractivity contribution in [2.75, 3.05) is 0 Å². The highest BCUT2D eigenvalue weighted by Crippen LogP contribution is 2.38. The number of Topliss-reactive ketones (excluding diaryl/α,β-unsaturated/α-hetero) is 2. The molecule has 2 aromatic carbocycles. The molecule has 0 aromatic heterocycles. The first-order valence-corrected chi connectivity index (χ1v) is 10.7. The van der Waals surface area contributed by atoms with Gasteiger partial charge in [-0.05, 0) is 66.5 Å². The molecule has 170 valence electrons. The Labute approximate surface area is 198 Å². The average Bonchev–Trinajstić information content (AvgIpc) is 3.13. The molecule has 0 saturated carbocycles. The number of benzene rings is 2. The summed E-state index contributed by atoms with van der Waals surface area (Å²) in [5, 5.41) is 0. The molecule has 0 fully saturated rings. The highest BCUT2D eigenvalue weighted by atomic mass is 35.5. The van der Waals surface area contributed by atoms with Gasteiger partial charge >= 0.3 is 0 Å². The van der Waals surface area contributed by atoms with Gasteiger partial charge in [-0.15, -0.1) is 24.8 Å². The standard InChI is InChI=1S/C25H32N2O2.2ClH/c1-5-24(26,6-2)22(28)16-9-11-20-18(13-16)15-19-14-17(10-12-21(19)20)23(29)25(27,7-3)8-4;;/h9-14H,5-8,15,26-27H2,1-4H3;2*1H. The van der Waals surface area contributed by atoms with Crippen molar-refractivity contribution in [2.45, 2.75) is 70.9 Å². The monoisotopic (exact) mass is 464 g/mol. The molecule has 4 N–H and O–H groups in total. The number of fused-ring (bicyclic) bond motifs is 3. The van der Waals surface area contributed by atoms with Crippen molar-refractivity contribution in [3.8, 4) is 11.1 Å². The second-order valence-corrected chi connectivity index (χ2v) is 8.31. The summed E-state index contributed by atoms with van der Waals surface area (Å²) in [6.07, 6.45) is 3.15. The molecule has 31 heavy (non-hydrogen) atoms. The highest BCUT2D eigenvalue weighted by Gasteiger charge is 2.33. The van der Waals surface area contributed by atoms with Crippen LogP contribution in [0.4, 0.5) is 0 Å². The molecule has 2 aromatic rings. The van der Waals surface area contributed by atoms with Crippen molar-refractivity contribution >= 4 is 36.4 Å². The number of hydrogen-bond acceptors (Lipinski definition) is 4. The van der Waals surface area contributed by atoms with Gasteiger partial charge in [0.2, 0.25) is 0 Å². The van der Waals surface area contributed by atoms with Crippen LogP contribution in [0.2, 0.25) is 0 Å². The van der Waals surface area contributed by atoms with Gasteiger partial charge < -0.3 is 11.5 Å². The largest absolute Gasteiger partial charge is 0.319 e. The molecule has 0 unspecified atom stereocenters. The Morgan fingerprint density at radius 3 is 1.32 bits per heavy atom. The summed E-state index contributed by atoms with van der Waals surface area (Å²) in [5.74, 6) is -0.00754. The minimum atomic E-state index is -0.815. The van der Waals surface area contributed by atoms with Crippen LogP contribution in [-0.2, 0) is 6.42 Å². The number of ketones is 2. The third-order valence-corrected chi connectivity index (χ3v) is 6.83. The fraction of sp³-hybridized carbons (Fsp3) is 0.440. The predicted molar refractivity (Wildman–Crippen MR) is 133 cm³/mol. The van der Waals surface area contributed by atoms with E-state index in [2.05, 4.69) is 0 Å². The van der Waals surface area contributed by atoms with E-state index in [-0.39, 0.29) is 36.4 Å². The van der Waals surface area contributed by atoms with Crippen molar-refractivity contribution in [3.05, 3.63) is 58.7 Å². The van der Waals surface area contributed by atoms with Crippen LogP contribution in [0, 0.1) is 0 Å². The Hall–Kier alpha value is -1.72. The van der Waals surface area contributed by atoms with Gasteiger partial charge in [0.25, 0.3) is 0 Å². The Bertz CT molecular complexity index is 886. The molecular formula is C25H34Cl2N2O2. The maximum Gasteiger partial charge on any atom is 0.182 e. The lowest BCUT2D eigenvalue weighted by molar-refractivity contribution is 0.0873. The SMILES string of the molecule is CCC(N)(CC)C(=O)c1ccc2c(c1)Cc1cc(C(=O)C(N)(CC)CC)ccc1-2.Cl.Cl. The molecule has 4 nitrogen and oxygen atoms in total. The van der Waals surface area contributed by atoms with Crippen LogP contribution < -0.4 is 11.5 Å². The lowest BCUT2D eigenvalue weighted by Gasteiger charge is -2.25. The van der Waals surface area contributed by atoms with Gasteiger partial charge in [-0.2, -0.15) is 0 Å². The summed E-state index contributed by atoms with van der Waals surface area (Å²) < 4.78 is 0. The first-order chi connectivity index (χ1) is 13.7. The second kappa shape index (κ2) is 10.3. The molecule has 1 aliphatic rings.